The Morgan fingerprint density at radius 2 is 2.05 bits per heavy atom. The summed E-state index contributed by atoms with van der Waals surface area (Å²) in [5.74, 6) is -0.284. The Bertz CT molecular complexity index is 586. The third-order valence-corrected chi connectivity index (χ3v) is 3.94. The van der Waals surface area contributed by atoms with Gasteiger partial charge in [0.2, 0.25) is 0 Å². The molecule has 1 atom stereocenters. The fourth-order valence-corrected chi connectivity index (χ4v) is 2.92. The van der Waals surface area contributed by atoms with Gasteiger partial charge in [0.1, 0.15) is 0 Å². The average Bonchev–Trinajstić information content (AvgIpc) is 2.93. The van der Waals surface area contributed by atoms with Crippen molar-refractivity contribution in [2.24, 2.45) is 0 Å². The standard InChI is InChI=1S/C16H18FN3/c17-16-13(3-1-4-14(16)18)11-20-10-2-5-15(20)12-6-8-19-9-7-12/h1,3-4,6-9,15H,2,5,10-11,18H2. The lowest BCUT2D eigenvalue weighted by Crippen LogP contribution is -2.23. The van der Waals surface area contributed by atoms with E-state index in [-0.39, 0.29) is 11.5 Å². The molecule has 1 aromatic carbocycles. The summed E-state index contributed by atoms with van der Waals surface area (Å²) in [5.41, 5.74) is 7.79. The lowest BCUT2D eigenvalue weighted by Gasteiger charge is -2.25. The van der Waals surface area contributed by atoms with Gasteiger partial charge in [0, 0.05) is 30.5 Å². The number of pyridine rings is 1. The highest BCUT2D eigenvalue weighted by Crippen LogP contribution is 2.33. The second-order valence-corrected chi connectivity index (χ2v) is 5.23. The highest BCUT2D eigenvalue weighted by atomic mass is 19.1. The van der Waals surface area contributed by atoms with Gasteiger partial charge in [-0.2, -0.15) is 0 Å². The molecular formula is C16H18FN3. The monoisotopic (exact) mass is 271 g/mol. The van der Waals surface area contributed by atoms with Crippen molar-refractivity contribution in [2.45, 2.75) is 25.4 Å². The number of nitrogens with two attached hydrogens (primary N) is 1. The van der Waals surface area contributed by atoms with Crippen LogP contribution in [0.4, 0.5) is 10.1 Å². The zero-order valence-electron chi connectivity index (χ0n) is 11.3. The van der Waals surface area contributed by atoms with Crippen LogP contribution in [0.15, 0.2) is 42.7 Å². The molecule has 1 aliphatic heterocycles. The van der Waals surface area contributed by atoms with E-state index < -0.39 is 0 Å². The molecule has 2 N–H and O–H groups in total. The van der Waals surface area contributed by atoms with Crippen LogP contribution in [0.3, 0.4) is 0 Å². The number of nitrogen functional groups attached to an aromatic ring is 1. The third kappa shape index (κ3) is 2.51. The van der Waals surface area contributed by atoms with Gasteiger partial charge in [0.25, 0.3) is 0 Å². The lowest BCUT2D eigenvalue weighted by molar-refractivity contribution is 0.245. The van der Waals surface area contributed by atoms with Crippen molar-refractivity contribution in [3.05, 3.63) is 59.7 Å². The van der Waals surface area contributed by atoms with E-state index in [0.717, 1.165) is 19.4 Å². The fourth-order valence-electron chi connectivity index (χ4n) is 2.92. The first-order valence-electron chi connectivity index (χ1n) is 6.92. The van der Waals surface area contributed by atoms with Gasteiger partial charge < -0.3 is 5.73 Å². The van der Waals surface area contributed by atoms with Crippen LogP contribution >= 0.6 is 0 Å². The Morgan fingerprint density at radius 1 is 1.25 bits per heavy atom. The molecule has 0 saturated carbocycles. The summed E-state index contributed by atoms with van der Waals surface area (Å²) in [4.78, 5) is 6.37. The number of aromatic nitrogens is 1. The normalized spacial score (nSPS) is 19.4. The Morgan fingerprint density at radius 3 is 2.85 bits per heavy atom. The maximum Gasteiger partial charge on any atom is 0.150 e. The molecule has 1 aromatic heterocycles. The van der Waals surface area contributed by atoms with Crippen LogP contribution in [0.2, 0.25) is 0 Å². The molecule has 0 spiro atoms. The molecule has 0 radical (unpaired) electrons. The molecule has 3 rings (SSSR count). The second-order valence-electron chi connectivity index (χ2n) is 5.23. The van der Waals surface area contributed by atoms with Crippen molar-refractivity contribution < 1.29 is 4.39 Å². The van der Waals surface area contributed by atoms with Crippen molar-refractivity contribution >= 4 is 5.69 Å². The molecule has 1 fully saturated rings. The minimum Gasteiger partial charge on any atom is -0.396 e. The fraction of sp³-hybridized carbons (Fsp3) is 0.312. The molecule has 1 aliphatic rings. The summed E-state index contributed by atoms with van der Waals surface area (Å²) >= 11 is 0. The Hall–Kier alpha value is -1.94. The van der Waals surface area contributed by atoms with Crippen LogP contribution in [-0.2, 0) is 6.54 Å². The summed E-state index contributed by atoms with van der Waals surface area (Å²) in [6.45, 7) is 1.59. The van der Waals surface area contributed by atoms with Crippen molar-refractivity contribution in [1.82, 2.24) is 9.88 Å². The lowest BCUT2D eigenvalue weighted by atomic mass is 10.1. The van der Waals surface area contributed by atoms with Crippen molar-refractivity contribution in [3.63, 3.8) is 0 Å². The van der Waals surface area contributed by atoms with Crippen LogP contribution in [0.1, 0.15) is 30.0 Å². The van der Waals surface area contributed by atoms with E-state index in [2.05, 4.69) is 9.88 Å². The molecule has 3 nitrogen and oxygen atoms in total. The first kappa shape index (κ1) is 13.1. The van der Waals surface area contributed by atoms with Crippen LogP contribution < -0.4 is 5.73 Å². The predicted octanol–water partition coefficient (Wildman–Crippen LogP) is 3.14. The van der Waals surface area contributed by atoms with Gasteiger partial charge in [0.15, 0.2) is 5.82 Å². The number of halogens is 1. The first-order chi connectivity index (χ1) is 9.75. The highest BCUT2D eigenvalue weighted by Gasteiger charge is 2.26. The molecule has 1 unspecified atom stereocenters. The van der Waals surface area contributed by atoms with Gasteiger partial charge in [0.05, 0.1) is 5.69 Å². The zero-order valence-corrected chi connectivity index (χ0v) is 11.3. The quantitative estimate of drug-likeness (QED) is 0.872. The summed E-state index contributed by atoms with van der Waals surface area (Å²) < 4.78 is 14.0. The minimum absolute atomic E-state index is 0.224. The number of hydrogen-bond acceptors (Lipinski definition) is 3. The van der Waals surface area contributed by atoms with E-state index in [1.165, 1.54) is 5.56 Å². The number of anilines is 1. The number of likely N-dealkylation sites (tertiary alicyclic amines) is 1. The molecule has 20 heavy (non-hydrogen) atoms. The predicted molar refractivity (Wildman–Crippen MR) is 77.4 cm³/mol. The van der Waals surface area contributed by atoms with Gasteiger partial charge in [-0.05, 0) is 43.1 Å². The van der Waals surface area contributed by atoms with E-state index >= 15 is 0 Å². The molecule has 4 heteroatoms. The summed E-state index contributed by atoms with van der Waals surface area (Å²) in [5, 5.41) is 0. The van der Waals surface area contributed by atoms with E-state index in [0.29, 0.717) is 18.2 Å². The molecule has 0 bridgehead atoms. The second kappa shape index (κ2) is 5.59. The van der Waals surface area contributed by atoms with Gasteiger partial charge in [-0.15, -0.1) is 0 Å². The van der Waals surface area contributed by atoms with Crippen LogP contribution in [0, 0.1) is 5.82 Å². The van der Waals surface area contributed by atoms with Gasteiger partial charge in [-0.1, -0.05) is 12.1 Å². The van der Waals surface area contributed by atoms with Gasteiger partial charge >= 0.3 is 0 Å². The minimum atomic E-state index is -0.284. The molecule has 0 amide bonds. The molecule has 1 saturated heterocycles. The van der Waals surface area contributed by atoms with Gasteiger partial charge in [-0.25, -0.2) is 4.39 Å². The molecular weight excluding hydrogens is 253 g/mol. The topological polar surface area (TPSA) is 42.1 Å². The molecule has 104 valence electrons. The van der Waals surface area contributed by atoms with Crippen molar-refractivity contribution in [1.29, 1.82) is 0 Å². The average molecular weight is 271 g/mol. The summed E-state index contributed by atoms with van der Waals surface area (Å²) in [6.07, 6.45) is 5.87. The molecule has 2 heterocycles. The van der Waals surface area contributed by atoms with Gasteiger partial charge in [-0.3, -0.25) is 9.88 Å². The van der Waals surface area contributed by atoms with Crippen molar-refractivity contribution in [3.8, 4) is 0 Å². The molecule has 0 aliphatic carbocycles. The number of rotatable bonds is 3. The van der Waals surface area contributed by atoms with E-state index in [4.69, 9.17) is 5.73 Å². The Labute approximate surface area is 118 Å². The summed E-state index contributed by atoms with van der Waals surface area (Å²) in [7, 11) is 0. The van der Waals surface area contributed by atoms with Crippen LogP contribution in [-0.4, -0.2) is 16.4 Å². The maximum absolute atomic E-state index is 14.0. The smallest absolute Gasteiger partial charge is 0.150 e. The number of benzene rings is 1. The highest BCUT2D eigenvalue weighted by molar-refractivity contribution is 5.42. The zero-order chi connectivity index (χ0) is 13.9. The van der Waals surface area contributed by atoms with Crippen molar-refractivity contribution in [2.75, 3.05) is 12.3 Å². The van der Waals surface area contributed by atoms with E-state index in [1.54, 1.807) is 6.07 Å². The van der Waals surface area contributed by atoms with E-state index in [9.17, 15) is 4.39 Å². The number of nitrogens with zero attached hydrogens (tertiary/aromatic N) is 2. The molecule has 2 aromatic rings. The first-order valence-corrected chi connectivity index (χ1v) is 6.92. The van der Waals surface area contributed by atoms with Crippen LogP contribution in [0.25, 0.3) is 0 Å². The largest absolute Gasteiger partial charge is 0.396 e. The van der Waals surface area contributed by atoms with Crippen LogP contribution in [0.5, 0.6) is 0 Å². The third-order valence-electron chi connectivity index (χ3n) is 3.94. The Kier molecular flexibility index (Phi) is 3.65. The Balaban J connectivity index is 1.81. The summed E-state index contributed by atoms with van der Waals surface area (Å²) in [6, 6.07) is 9.65. The number of hydrogen-bond donors (Lipinski definition) is 1. The SMILES string of the molecule is Nc1cccc(CN2CCCC2c2ccncc2)c1F. The van der Waals surface area contributed by atoms with E-state index in [1.807, 2.05) is 36.7 Å². The maximum atomic E-state index is 14.0.